The van der Waals surface area contributed by atoms with Crippen molar-refractivity contribution >= 4 is 5.96 Å². The maximum absolute atomic E-state index is 8.49. The maximum Gasteiger partial charge on any atom is 0.191 e. The molecular weight excluding hydrogens is 142 g/mol. The molecule has 0 aromatic carbocycles. The molecule has 4 heteroatoms. The Labute approximate surface area is 67.7 Å². The molecule has 0 amide bonds. The van der Waals surface area contributed by atoms with Gasteiger partial charge < -0.3 is 15.7 Å². The van der Waals surface area contributed by atoms with Crippen LogP contribution in [0.15, 0.2) is 4.99 Å². The number of guanidine groups is 1. The summed E-state index contributed by atoms with van der Waals surface area (Å²) in [4.78, 5) is 3.95. The van der Waals surface area contributed by atoms with Crippen LogP contribution in [0.25, 0.3) is 0 Å². The fraction of sp³-hybridized carbons (Fsp3) is 0.857. The molecule has 0 aliphatic rings. The van der Waals surface area contributed by atoms with Gasteiger partial charge in [-0.25, -0.2) is 0 Å². The van der Waals surface area contributed by atoms with Crippen molar-refractivity contribution in [2.24, 2.45) is 4.99 Å². The van der Waals surface area contributed by atoms with E-state index in [2.05, 4.69) is 22.5 Å². The smallest absolute Gasteiger partial charge is 0.191 e. The summed E-state index contributed by atoms with van der Waals surface area (Å²) in [5, 5.41) is 14.5. The normalized spacial score (nSPS) is 11.4. The third-order valence-corrected chi connectivity index (χ3v) is 1.17. The average molecular weight is 159 g/mol. The Kier molecular flexibility index (Phi) is 6.82. The Morgan fingerprint density at radius 2 is 2.00 bits per heavy atom. The van der Waals surface area contributed by atoms with Crippen LogP contribution in [-0.2, 0) is 0 Å². The summed E-state index contributed by atoms with van der Waals surface area (Å²) in [7, 11) is 1.71. The summed E-state index contributed by atoms with van der Waals surface area (Å²) in [6.45, 7) is 3.67. The summed E-state index contributed by atoms with van der Waals surface area (Å²) in [6, 6.07) is 0. The third kappa shape index (κ3) is 5.66. The highest BCUT2D eigenvalue weighted by Crippen LogP contribution is 1.71. The molecule has 0 saturated heterocycles. The van der Waals surface area contributed by atoms with Gasteiger partial charge in [-0.05, 0) is 6.42 Å². The van der Waals surface area contributed by atoms with Gasteiger partial charge in [0.05, 0.1) is 6.61 Å². The van der Waals surface area contributed by atoms with Crippen molar-refractivity contribution in [3.05, 3.63) is 0 Å². The molecule has 0 rings (SSSR count). The van der Waals surface area contributed by atoms with E-state index in [0.717, 1.165) is 18.9 Å². The quantitative estimate of drug-likeness (QED) is 0.385. The fourth-order valence-electron chi connectivity index (χ4n) is 0.638. The average Bonchev–Trinajstić information content (AvgIpc) is 2.05. The standard InChI is InChI=1S/C7H17N3O/c1-3-4-9-7(8-2)10-5-6-11/h11H,3-6H2,1-2H3,(H2,8,9,10). The molecule has 0 aliphatic heterocycles. The van der Waals surface area contributed by atoms with E-state index in [1.54, 1.807) is 7.05 Å². The Morgan fingerprint density at radius 1 is 1.36 bits per heavy atom. The molecule has 0 bridgehead atoms. The highest BCUT2D eigenvalue weighted by atomic mass is 16.3. The largest absolute Gasteiger partial charge is 0.395 e. The molecule has 3 N–H and O–H groups in total. The van der Waals surface area contributed by atoms with Crippen LogP contribution in [0.4, 0.5) is 0 Å². The summed E-state index contributed by atoms with van der Waals surface area (Å²) < 4.78 is 0. The molecule has 0 heterocycles. The van der Waals surface area contributed by atoms with Crippen LogP contribution in [0.5, 0.6) is 0 Å². The van der Waals surface area contributed by atoms with Gasteiger partial charge in [-0.3, -0.25) is 4.99 Å². The van der Waals surface area contributed by atoms with Crippen LogP contribution >= 0.6 is 0 Å². The second-order valence-electron chi connectivity index (χ2n) is 2.15. The minimum absolute atomic E-state index is 0.132. The summed E-state index contributed by atoms with van der Waals surface area (Å²) in [5.74, 6) is 0.751. The lowest BCUT2D eigenvalue weighted by atomic mass is 10.5. The molecule has 0 saturated carbocycles. The van der Waals surface area contributed by atoms with E-state index in [4.69, 9.17) is 5.11 Å². The van der Waals surface area contributed by atoms with Gasteiger partial charge >= 0.3 is 0 Å². The summed E-state index contributed by atoms with van der Waals surface area (Å²) in [6.07, 6.45) is 1.07. The first kappa shape index (κ1) is 10.2. The lowest BCUT2D eigenvalue weighted by molar-refractivity contribution is 0.300. The number of hydrogen-bond acceptors (Lipinski definition) is 2. The van der Waals surface area contributed by atoms with Crippen molar-refractivity contribution in [1.29, 1.82) is 0 Å². The molecule has 0 unspecified atom stereocenters. The first-order chi connectivity index (χ1) is 5.35. The van der Waals surface area contributed by atoms with Gasteiger partial charge in [0, 0.05) is 20.1 Å². The zero-order valence-electron chi connectivity index (χ0n) is 7.22. The fourth-order valence-corrected chi connectivity index (χ4v) is 0.638. The molecule has 0 aromatic rings. The number of aliphatic hydroxyl groups is 1. The highest BCUT2D eigenvalue weighted by Gasteiger charge is 1.91. The van der Waals surface area contributed by atoms with Crippen molar-refractivity contribution in [2.75, 3.05) is 26.7 Å². The van der Waals surface area contributed by atoms with Crippen molar-refractivity contribution in [3.8, 4) is 0 Å². The van der Waals surface area contributed by atoms with E-state index in [9.17, 15) is 0 Å². The van der Waals surface area contributed by atoms with Gasteiger partial charge in [-0.1, -0.05) is 6.92 Å². The molecule has 0 radical (unpaired) electrons. The molecule has 4 nitrogen and oxygen atoms in total. The van der Waals surface area contributed by atoms with Gasteiger partial charge in [0.1, 0.15) is 0 Å². The van der Waals surface area contributed by atoms with Gasteiger partial charge in [0.15, 0.2) is 5.96 Å². The van der Waals surface area contributed by atoms with Crippen molar-refractivity contribution in [2.45, 2.75) is 13.3 Å². The van der Waals surface area contributed by atoms with Crippen molar-refractivity contribution < 1.29 is 5.11 Å². The van der Waals surface area contributed by atoms with Crippen LogP contribution in [-0.4, -0.2) is 37.8 Å². The lowest BCUT2D eigenvalue weighted by Gasteiger charge is -2.08. The number of nitrogens with one attached hydrogen (secondary N) is 2. The number of aliphatic hydroxyl groups excluding tert-OH is 1. The molecule has 0 fully saturated rings. The van der Waals surface area contributed by atoms with E-state index >= 15 is 0 Å². The Balaban J connectivity index is 3.43. The van der Waals surface area contributed by atoms with Crippen LogP contribution in [0.1, 0.15) is 13.3 Å². The van der Waals surface area contributed by atoms with Gasteiger partial charge in [0.25, 0.3) is 0 Å². The summed E-state index contributed by atoms with van der Waals surface area (Å²) >= 11 is 0. The van der Waals surface area contributed by atoms with E-state index in [0.29, 0.717) is 6.54 Å². The number of aliphatic imine (C=N–C) groups is 1. The summed E-state index contributed by atoms with van der Waals surface area (Å²) in [5.41, 5.74) is 0. The second-order valence-corrected chi connectivity index (χ2v) is 2.15. The zero-order valence-corrected chi connectivity index (χ0v) is 7.22. The van der Waals surface area contributed by atoms with Gasteiger partial charge in [0.2, 0.25) is 0 Å². The lowest BCUT2D eigenvalue weighted by Crippen LogP contribution is -2.38. The maximum atomic E-state index is 8.49. The Hall–Kier alpha value is -0.770. The van der Waals surface area contributed by atoms with E-state index in [-0.39, 0.29) is 6.61 Å². The van der Waals surface area contributed by atoms with Crippen LogP contribution in [0.3, 0.4) is 0 Å². The first-order valence-electron chi connectivity index (χ1n) is 3.90. The first-order valence-corrected chi connectivity index (χ1v) is 3.90. The molecule has 0 spiro atoms. The zero-order chi connectivity index (χ0) is 8.53. The van der Waals surface area contributed by atoms with E-state index in [1.165, 1.54) is 0 Å². The SMILES string of the molecule is CCCNC(=NC)NCCO. The van der Waals surface area contributed by atoms with Crippen LogP contribution in [0.2, 0.25) is 0 Å². The van der Waals surface area contributed by atoms with Crippen molar-refractivity contribution in [1.82, 2.24) is 10.6 Å². The molecular formula is C7H17N3O. The monoisotopic (exact) mass is 159 g/mol. The van der Waals surface area contributed by atoms with Crippen LogP contribution in [0, 0.1) is 0 Å². The second kappa shape index (κ2) is 7.34. The Bertz CT molecular complexity index is 104. The van der Waals surface area contributed by atoms with E-state index < -0.39 is 0 Å². The highest BCUT2D eigenvalue weighted by molar-refractivity contribution is 5.79. The molecule has 0 atom stereocenters. The topological polar surface area (TPSA) is 56.7 Å². The third-order valence-electron chi connectivity index (χ3n) is 1.17. The number of rotatable bonds is 4. The molecule has 11 heavy (non-hydrogen) atoms. The minimum atomic E-state index is 0.132. The van der Waals surface area contributed by atoms with E-state index in [1.807, 2.05) is 0 Å². The van der Waals surface area contributed by atoms with Gasteiger partial charge in [-0.15, -0.1) is 0 Å². The van der Waals surface area contributed by atoms with Gasteiger partial charge in [-0.2, -0.15) is 0 Å². The predicted octanol–water partition coefficient (Wildman–Crippen LogP) is -0.446. The molecule has 0 aliphatic carbocycles. The number of nitrogens with zero attached hydrogens (tertiary/aromatic N) is 1. The minimum Gasteiger partial charge on any atom is -0.395 e. The van der Waals surface area contributed by atoms with Crippen LogP contribution < -0.4 is 10.6 Å². The molecule has 0 aromatic heterocycles. The van der Waals surface area contributed by atoms with Crippen molar-refractivity contribution in [3.63, 3.8) is 0 Å². The molecule has 66 valence electrons. The Morgan fingerprint density at radius 3 is 2.45 bits per heavy atom. The predicted molar refractivity (Wildman–Crippen MR) is 46.7 cm³/mol. The number of hydrogen-bond donors (Lipinski definition) is 3.